The van der Waals surface area contributed by atoms with Gasteiger partial charge in [-0.2, -0.15) is 0 Å². The van der Waals surface area contributed by atoms with Crippen LogP contribution in [-0.4, -0.2) is 85.3 Å². The fraction of sp³-hybridized carbons (Fsp3) is 0.571. The van der Waals surface area contributed by atoms with Crippen LogP contribution in [0.25, 0.3) is 10.9 Å². The van der Waals surface area contributed by atoms with Crippen molar-refractivity contribution in [1.29, 1.82) is 0 Å². The molecule has 0 aliphatic carbocycles. The first-order valence-electron chi connectivity index (χ1n) is 9.66. The second-order valence-electron chi connectivity index (χ2n) is 8.10. The number of aromatic nitrogens is 1. The van der Waals surface area contributed by atoms with Gasteiger partial charge in [-0.15, -0.1) is 0 Å². The number of rotatable bonds is 8. The van der Waals surface area contributed by atoms with Crippen LogP contribution in [-0.2, 0) is 6.54 Å². The van der Waals surface area contributed by atoms with E-state index >= 15 is 0 Å². The van der Waals surface area contributed by atoms with Crippen LogP contribution in [0.3, 0.4) is 0 Å². The summed E-state index contributed by atoms with van der Waals surface area (Å²) in [5.74, 6) is 0.543. The lowest BCUT2D eigenvalue weighted by molar-refractivity contribution is 0.171. The molecule has 2 atom stereocenters. The topological polar surface area (TPSA) is 42.8 Å². The molecule has 0 unspecified atom stereocenters. The van der Waals surface area contributed by atoms with Crippen LogP contribution >= 0.6 is 0 Å². The Bertz CT molecular complexity index is 754. The molecule has 0 radical (unpaired) electrons. The molecule has 148 valence electrons. The van der Waals surface area contributed by atoms with Crippen LogP contribution in [0, 0.1) is 17.7 Å². The Kier molecular flexibility index (Phi) is 6.76. The molecular weight excluding hydrogens is 343 g/mol. The maximum absolute atomic E-state index is 13.3. The van der Waals surface area contributed by atoms with E-state index in [4.69, 9.17) is 0 Å². The second-order valence-corrected chi connectivity index (χ2v) is 8.10. The number of pyridine rings is 1. The van der Waals surface area contributed by atoms with E-state index in [0.29, 0.717) is 11.8 Å². The molecule has 1 saturated heterocycles. The van der Waals surface area contributed by atoms with Crippen LogP contribution in [0.2, 0.25) is 0 Å². The Morgan fingerprint density at radius 2 is 1.89 bits per heavy atom. The van der Waals surface area contributed by atoms with Crippen molar-refractivity contribution in [2.75, 3.05) is 60.5 Å². The summed E-state index contributed by atoms with van der Waals surface area (Å²) in [5, 5.41) is 10.6. The number of aliphatic hydroxyl groups is 1. The van der Waals surface area contributed by atoms with Crippen molar-refractivity contribution in [3.05, 3.63) is 41.8 Å². The van der Waals surface area contributed by atoms with E-state index in [-0.39, 0.29) is 12.4 Å². The number of halogens is 1. The predicted octanol–water partition coefficient (Wildman–Crippen LogP) is 1.91. The normalized spacial score (nSPS) is 21.0. The summed E-state index contributed by atoms with van der Waals surface area (Å²) in [6, 6.07) is 8.62. The highest BCUT2D eigenvalue weighted by molar-refractivity contribution is 5.78. The van der Waals surface area contributed by atoms with Crippen molar-refractivity contribution in [3.8, 4) is 0 Å². The Morgan fingerprint density at radius 1 is 1.11 bits per heavy atom. The minimum Gasteiger partial charge on any atom is -0.396 e. The number of likely N-dealkylation sites (N-methyl/N-ethyl adjacent to an activating group) is 2. The van der Waals surface area contributed by atoms with Gasteiger partial charge in [0.1, 0.15) is 5.82 Å². The molecule has 5 nitrogen and oxygen atoms in total. The molecule has 0 spiro atoms. The van der Waals surface area contributed by atoms with Crippen molar-refractivity contribution in [3.63, 3.8) is 0 Å². The van der Waals surface area contributed by atoms with Gasteiger partial charge in [-0.05, 0) is 57.2 Å². The van der Waals surface area contributed by atoms with E-state index in [1.54, 1.807) is 6.07 Å². The van der Waals surface area contributed by atoms with Crippen LogP contribution in [0.1, 0.15) is 5.69 Å². The van der Waals surface area contributed by atoms with E-state index in [2.05, 4.69) is 40.8 Å². The van der Waals surface area contributed by atoms with E-state index in [0.717, 1.165) is 55.9 Å². The molecule has 27 heavy (non-hydrogen) atoms. The number of aliphatic hydroxyl groups excluding tert-OH is 1. The van der Waals surface area contributed by atoms with Crippen molar-refractivity contribution in [2.45, 2.75) is 6.54 Å². The SMILES string of the molecule is CN(C)CCN(C)C[C@@H]1CN(Cc2ccc3cc(F)ccc3n2)C[C@@H]1CO. The minimum atomic E-state index is -0.233. The summed E-state index contributed by atoms with van der Waals surface area (Å²) in [6.07, 6.45) is 0. The van der Waals surface area contributed by atoms with Gasteiger partial charge in [0, 0.05) is 51.3 Å². The Hall–Kier alpha value is -1.60. The maximum Gasteiger partial charge on any atom is 0.123 e. The minimum absolute atomic E-state index is 0.229. The van der Waals surface area contributed by atoms with E-state index in [9.17, 15) is 9.50 Å². The van der Waals surface area contributed by atoms with Gasteiger partial charge in [0.15, 0.2) is 0 Å². The lowest BCUT2D eigenvalue weighted by Gasteiger charge is -2.25. The quantitative estimate of drug-likeness (QED) is 0.765. The lowest BCUT2D eigenvalue weighted by Crippen LogP contribution is -2.35. The summed E-state index contributed by atoms with van der Waals surface area (Å²) >= 11 is 0. The molecule has 2 heterocycles. The average Bonchev–Trinajstić information content (AvgIpc) is 3.01. The predicted molar refractivity (Wildman–Crippen MR) is 107 cm³/mol. The van der Waals surface area contributed by atoms with Gasteiger partial charge in [0.05, 0.1) is 11.2 Å². The van der Waals surface area contributed by atoms with Crippen molar-refractivity contribution < 1.29 is 9.50 Å². The monoisotopic (exact) mass is 374 g/mol. The molecule has 6 heteroatoms. The van der Waals surface area contributed by atoms with Gasteiger partial charge in [-0.3, -0.25) is 9.88 Å². The van der Waals surface area contributed by atoms with Gasteiger partial charge in [-0.25, -0.2) is 4.39 Å². The van der Waals surface area contributed by atoms with Gasteiger partial charge in [0.25, 0.3) is 0 Å². The Balaban J connectivity index is 1.60. The zero-order valence-electron chi connectivity index (χ0n) is 16.6. The van der Waals surface area contributed by atoms with E-state index in [1.807, 2.05) is 12.1 Å². The van der Waals surface area contributed by atoms with Crippen molar-refractivity contribution in [1.82, 2.24) is 19.7 Å². The maximum atomic E-state index is 13.3. The van der Waals surface area contributed by atoms with E-state index in [1.165, 1.54) is 12.1 Å². The molecule has 1 aliphatic heterocycles. The number of benzene rings is 1. The van der Waals surface area contributed by atoms with Gasteiger partial charge in [0.2, 0.25) is 0 Å². The third kappa shape index (κ3) is 5.45. The lowest BCUT2D eigenvalue weighted by atomic mass is 9.96. The molecule has 1 fully saturated rings. The first-order valence-corrected chi connectivity index (χ1v) is 9.66. The Labute approximate surface area is 161 Å². The van der Waals surface area contributed by atoms with Crippen LogP contribution in [0.15, 0.2) is 30.3 Å². The molecule has 3 rings (SSSR count). The van der Waals surface area contributed by atoms with Gasteiger partial charge < -0.3 is 14.9 Å². The second kappa shape index (κ2) is 9.06. The first kappa shape index (κ1) is 20.1. The number of likely N-dealkylation sites (tertiary alicyclic amines) is 1. The number of hydrogen-bond donors (Lipinski definition) is 1. The summed E-state index contributed by atoms with van der Waals surface area (Å²) < 4.78 is 13.3. The standard InChI is InChI=1S/C21H31FN4O/c1-24(2)8-9-25(3)11-17-12-26(13-18(17)15-27)14-20-6-4-16-10-19(22)5-7-21(16)23-20/h4-7,10,17-18,27H,8-9,11-15H2,1-3H3/t17-,18-/m1/s1. The van der Waals surface area contributed by atoms with Gasteiger partial charge in [-0.1, -0.05) is 6.07 Å². The van der Waals surface area contributed by atoms with Crippen LogP contribution in [0.5, 0.6) is 0 Å². The Morgan fingerprint density at radius 3 is 2.63 bits per heavy atom. The molecule has 0 bridgehead atoms. The molecule has 1 N–H and O–H groups in total. The summed E-state index contributed by atoms with van der Waals surface area (Å²) in [6.45, 7) is 5.93. The average molecular weight is 375 g/mol. The number of nitrogens with zero attached hydrogens (tertiary/aromatic N) is 4. The zero-order chi connectivity index (χ0) is 19.4. The highest BCUT2D eigenvalue weighted by Gasteiger charge is 2.32. The fourth-order valence-electron chi connectivity index (χ4n) is 3.90. The van der Waals surface area contributed by atoms with Crippen molar-refractivity contribution in [2.24, 2.45) is 11.8 Å². The molecule has 0 saturated carbocycles. The third-order valence-electron chi connectivity index (χ3n) is 5.46. The fourth-order valence-corrected chi connectivity index (χ4v) is 3.90. The third-order valence-corrected chi connectivity index (χ3v) is 5.46. The molecule has 0 amide bonds. The molecule has 1 aliphatic rings. The van der Waals surface area contributed by atoms with Crippen molar-refractivity contribution >= 4 is 10.9 Å². The highest BCUT2D eigenvalue weighted by Crippen LogP contribution is 2.25. The highest BCUT2D eigenvalue weighted by atomic mass is 19.1. The molecule has 1 aromatic heterocycles. The summed E-state index contributed by atoms with van der Waals surface area (Å²) in [7, 11) is 6.34. The van der Waals surface area contributed by atoms with Gasteiger partial charge >= 0.3 is 0 Å². The largest absolute Gasteiger partial charge is 0.396 e. The first-order chi connectivity index (χ1) is 12.9. The number of hydrogen-bond acceptors (Lipinski definition) is 5. The van der Waals surface area contributed by atoms with Crippen LogP contribution in [0.4, 0.5) is 4.39 Å². The smallest absolute Gasteiger partial charge is 0.123 e. The summed E-state index contributed by atoms with van der Waals surface area (Å²) in [4.78, 5) is 11.6. The van der Waals surface area contributed by atoms with E-state index < -0.39 is 0 Å². The van der Waals surface area contributed by atoms with Crippen LogP contribution < -0.4 is 0 Å². The summed E-state index contributed by atoms with van der Waals surface area (Å²) in [5.41, 5.74) is 1.82. The molecular formula is C21H31FN4O. The molecule has 1 aromatic carbocycles. The number of fused-ring (bicyclic) bond motifs is 1. The zero-order valence-corrected chi connectivity index (χ0v) is 16.6. The molecule has 2 aromatic rings.